The molecular formula is C26H27N3O5. The standard InChI is InChI=1S/C26H27N3O5/c1-5-34-23-14-11-18(15-22(23)29(32)33)25(31)28-21-8-6-7-20(16-21)27-24(30)17-9-12-19(13-10-17)26(2,3)4/h6-16H,5H2,1-4H3,(H,27,30)(H,28,31). The molecule has 0 saturated heterocycles. The van der Waals surface area contributed by atoms with Crippen molar-refractivity contribution < 1.29 is 19.2 Å². The van der Waals surface area contributed by atoms with Gasteiger partial charge in [-0.3, -0.25) is 19.7 Å². The minimum absolute atomic E-state index is 0.00861. The van der Waals surface area contributed by atoms with Crippen molar-refractivity contribution in [1.29, 1.82) is 0 Å². The topological polar surface area (TPSA) is 111 Å². The van der Waals surface area contributed by atoms with Crippen molar-refractivity contribution in [3.05, 3.63) is 93.5 Å². The maximum Gasteiger partial charge on any atom is 0.311 e. The number of carbonyl (C=O) groups is 2. The van der Waals surface area contributed by atoms with Crippen LogP contribution >= 0.6 is 0 Å². The Morgan fingerprint density at radius 3 is 1.97 bits per heavy atom. The van der Waals surface area contributed by atoms with Gasteiger partial charge in [0.2, 0.25) is 0 Å². The molecule has 3 aromatic carbocycles. The number of ether oxygens (including phenoxy) is 1. The van der Waals surface area contributed by atoms with E-state index in [0.717, 1.165) is 5.56 Å². The molecule has 8 nitrogen and oxygen atoms in total. The highest BCUT2D eigenvalue weighted by atomic mass is 16.6. The number of nitro benzene ring substituents is 1. The Balaban J connectivity index is 1.72. The van der Waals surface area contributed by atoms with E-state index < -0.39 is 10.8 Å². The monoisotopic (exact) mass is 461 g/mol. The number of nitro groups is 1. The molecule has 0 aliphatic rings. The quantitative estimate of drug-likeness (QED) is 0.341. The third-order valence-corrected chi connectivity index (χ3v) is 5.11. The number of nitrogens with one attached hydrogen (secondary N) is 2. The summed E-state index contributed by atoms with van der Waals surface area (Å²) in [7, 11) is 0. The molecule has 0 radical (unpaired) electrons. The predicted molar refractivity (Wildman–Crippen MR) is 132 cm³/mol. The van der Waals surface area contributed by atoms with E-state index in [0.29, 0.717) is 16.9 Å². The third-order valence-electron chi connectivity index (χ3n) is 5.11. The first kappa shape index (κ1) is 24.4. The summed E-state index contributed by atoms with van der Waals surface area (Å²) in [6.45, 7) is 8.30. The molecule has 0 aromatic heterocycles. The van der Waals surface area contributed by atoms with Gasteiger partial charge in [0.05, 0.1) is 11.5 Å². The molecule has 2 N–H and O–H groups in total. The van der Waals surface area contributed by atoms with Crippen LogP contribution in [0.5, 0.6) is 5.75 Å². The van der Waals surface area contributed by atoms with E-state index in [9.17, 15) is 19.7 Å². The van der Waals surface area contributed by atoms with E-state index in [-0.39, 0.29) is 34.9 Å². The summed E-state index contributed by atoms with van der Waals surface area (Å²) in [4.78, 5) is 36.0. The molecule has 8 heteroatoms. The van der Waals surface area contributed by atoms with Gasteiger partial charge in [-0.1, -0.05) is 39.0 Å². The lowest BCUT2D eigenvalue weighted by Gasteiger charge is -2.19. The molecule has 176 valence electrons. The summed E-state index contributed by atoms with van der Waals surface area (Å²) in [5, 5.41) is 16.8. The van der Waals surface area contributed by atoms with Gasteiger partial charge in [0.15, 0.2) is 5.75 Å². The molecule has 0 bridgehead atoms. The Bertz CT molecular complexity index is 1210. The Morgan fingerprint density at radius 2 is 1.44 bits per heavy atom. The fourth-order valence-electron chi connectivity index (χ4n) is 3.28. The van der Waals surface area contributed by atoms with Crippen LogP contribution in [0, 0.1) is 10.1 Å². The number of anilines is 2. The lowest BCUT2D eigenvalue weighted by Crippen LogP contribution is -2.15. The zero-order valence-corrected chi connectivity index (χ0v) is 19.5. The number of nitrogens with zero attached hydrogens (tertiary/aromatic N) is 1. The zero-order chi connectivity index (χ0) is 24.9. The van der Waals surface area contributed by atoms with E-state index >= 15 is 0 Å². The lowest BCUT2D eigenvalue weighted by atomic mass is 9.87. The molecule has 3 aromatic rings. The van der Waals surface area contributed by atoms with Gasteiger partial charge >= 0.3 is 5.69 Å². The minimum Gasteiger partial charge on any atom is -0.487 e. The van der Waals surface area contributed by atoms with Crippen LogP contribution in [0.4, 0.5) is 17.1 Å². The van der Waals surface area contributed by atoms with Crippen LogP contribution in [0.3, 0.4) is 0 Å². The van der Waals surface area contributed by atoms with Crippen LogP contribution in [0.25, 0.3) is 0 Å². The lowest BCUT2D eigenvalue weighted by molar-refractivity contribution is -0.385. The summed E-state index contributed by atoms with van der Waals surface area (Å²) in [5.74, 6) is -0.692. The molecule has 2 amide bonds. The van der Waals surface area contributed by atoms with E-state index in [2.05, 4.69) is 31.4 Å². The summed E-state index contributed by atoms with van der Waals surface area (Å²) in [6.07, 6.45) is 0. The number of hydrogen-bond donors (Lipinski definition) is 2. The molecule has 0 atom stereocenters. The maximum atomic E-state index is 12.7. The van der Waals surface area contributed by atoms with E-state index in [1.807, 2.05) is 12.1 Å². The fraction of sp³-hybridized carbons (Fsp3) is 0.231. The number of carbonyl (C=O) groups excluding carboxylic acids is 2. The largest absolute Gasteiger partial charge is 0.487 e. The molecule has 0 unspecified atom stereocenters. The van der Waals surface area contributed by atoms with Crippen LogP contribution in [0.1, 0.15) is 54.0 Å². The van der Waals surface area contributed by atoms with Crippen molar-refractivity contribution in [3.8, 4) is 5.75 Å². The van der Waals surface area contributed by atoms with Gasteiger partial charge in [-0.15, -0.1) is 0 Å². The Morgan fingerprint density at radius 1 is 0.882 bits per heavy atom. The van der Waals surface area contributed by atoms with Crippen LogP contribution in [0.2, 0.25) is 0 Å². The van der Waals surface area contributed by atoms with Crippen molar-refractivity contribution >= 4 is 28.9 Å². The predicted octanol–water partition coefficient (Wildman–Crippen LogP) is 5.80. The zero-order valence-electron chi connectivity index (χ0n) is 19.5. The number of hydrogen-bond acceptors (Lipinski definition) is 5. The highest BCUT2D eigenvalue weighted by Gasteiger charge is 2.19. The second-order valence-electron chi connectivity index (χ2n) is 8.69. The second-order valence-corrected chi connectivity index (χ2v) is 8.69. The molecule has 0 aliphatic heterocycles. The van der Waals surface area contributed by atoms with Crippen LogP contribution in [0.15, 0.2) is 66.7 Å². The van der Waals surface area contributed by atoms with E-state index in [1.165, 1.54) is 18.2 Å². The van der Waals surface area contributed by atoms with Gasteiger partial charge in [0.1, 0.15) is 0 Å². The van der Waals surface area contributed by atoms with Gasteiger partial charge in [-0.2, -0.15) is 0 Å². The second kappa shape index (κ2) is 10.2. The highest BCUT2D eigenvalue weighted by Crippen LogP contribution is 2.28. The molecule has 0 saturated carbocycles. The molecule has 0 spiro atoms. The first-order valence-electron chi connectivity index (χ1n) is 10.8. The van der Waals surface area contributed by atoms with E-state index in [1.54, 1.807) is 43.3 Å². The van der Waals surface area contributed by atoms with Crippen molar-refractivity contribution in [2.24, 2.45) is 0 Å². The Hall–Kier alpha value is -4.20. The number of benzene rings is 3. The Labute approximate surface area is 198 Å². The van der Waals surface area contributed by atoms with Crippen LogP contribution < -0.4 is 15.4 Å². The number of rotatable bonds is 7. The summed E-state index contributed by atoms with van der Waals surface area (Å²) in [6, 6.07) is 18.1. The fourth-order valence-corrected chi connectivity index (χ4v) is 3.28. The van der Waals surface area contributed by atoms with Crippen molar-refractivity contribution in [2.45, 2.75) is 33.1 Å². The van der Waals surface area contributed by atoms with Crippen LogP contribution in [-0.4, -0.2) is 23.3 Å². The Kier molecular flexibility index (Phi) is 7.31. The summed E-state index contributed by atoms with van der Waals surface area (Å²) in [5.41, 5.74) is 2.40. The van der Waals surface area contributed by atoms with Gasteiger partial charge in [0.25, 0.3) is 11.8 Å². The normalized spacial score (nSPS) is 10.9. The van der Waals surface area contributed by atoms with Gasteiger partial charge in [0, 0.05) is 28.6 Å². The molecule has 0 aliphatic carbocycles. The van der Waals surface area contributed by atoms with Gasteiger partial charge in [-0.25, -0.2) is 0 Å². The smallest absolute Gasteiger partial charge is 0.311 e. The first-order valence-corrected chi connectivity index (χ1v) is 10.8. The van der Waals surface area contributed by atoms with Gasteiger partial charge in [-0.05, 0) is 60.4 Å². The van der Waals surface area contributed by atoms with Crippen molar-refractivity contribution in [3.63, 3.8) is 0 Å². The minimum atomic E-state index is -0.591. The first-order chi connectivity index (χ1) is 16.1. The SMILES string of the molecule is CCOc1ccc(C(=O)Nc2cccc(NC(=O)c3ccc(C(C)(C)C)cc3)c2)cc1[N+](=O)[O-]. The highest BCUT2D eigenvalue weighted by molar-refractivity contribution is 6.06. The van der Waals surface area contributed by atoms with Gasteiger partial charge < -0.3 is 15.4 Å². The van der Waals surface area contributed by atoms with Crippen molar-refractivity contribution in [1.82, 2.24) is 0 Å². The molecule has 3 rings (SSSR count). The average Bonchev–Trinajstić information content (AvgIpc) is 2.79. The third kappa shape index (κ3) is 5.98. The van der Waals surface area contributed by atoms with E-state index in [4.69, 9.17) is 4.74 Å². The molecule has 0 heterocycles. The van der Waals surface area contributed by atoms with Crippen molar-refractivity contribution in [2.75, 3.05) is 17.2 Å². The molecule has 0 fully saturated rings. The summed E-state index contributed by atoms with van der Waals surface area (Å²) >= 11 is 0. The maximum absolute atomic E-state index is 12.7. The van der Waals surface area contributed by atoms with Crippen LogP contribution in [-0.2, 0) is 5.41 Å². The average molecular weight is 462 g/mol. The molecular weight excluding hydrogens is 434 g/mol. The number of amides is 2. The molecule has 34 heavy (non-hydrogen) atoms. The summed E-state index contributed by atoms with van der Waals surface area (Å²) < 4.78 is 5.25.